The third-order valence-electron chi connectivity index (χ3n) is 8.23. The molecule has 2 aromatic carbocycles. The Morgan fingerprint density at radius 1 is 0.974 bits per heavy atom. The van der Waals surface area contributed by atoms with E-state index in [1.54, 1.807) is 13.2 Å². The fraction of sp³-hybridized carbons (Fsp3) is 0.485. The highest BCUT2D eigenvalue weighted by Gasteiger charge is 2.20. The van der Waals surface area contributed by atoms with Crippen molar-refractivity contribution >= 4 is 22.9 Å². The van der Waals surface area contributed by atoms with Crippen LogP contribution in [0.3, 0.4) is 0 Å². The minimum absolute atomic E-state index is 0.110. The van der Waals surface area contributed by atoms with Crippen LogP contribution in [0.2, 0.25) is 0 Å². The number of ether oxygens (including phenoxy) is 1. The maximum atomic E-state index is 13.1. The molecule has 0 radical (unpaired) electrons. The average Bonchev–Trinajstić information content (AvgIpc) is 3.22. The van der Waals surface area contributed by atoms with Crippen LogP contribution in [0.1, 0.15) is 42.7 Å². The molecule has 210 valence electrons. The number of nitrogens with zero attached hydrogens (tertiary/aromatic N) is 4. The van der Waals surface area contributed by atoms with Gasteiger partial charge < -0.3 is 19.1 Å². The van der Waals surface area contributed by atoms with Crippen molar-refractivity contribution in [1.29, 1.82) is 0 Å². The normalized spacial score (nSPS) is 14.7. The van der Waals surface area contributed by atoms with Crippen LogP contribution in [0.4, 0.5) is 0 Å². The molecule has 1 aliphatic rings. The largest absolute Gasteiger partial charge is 0.497 e. The molecule has 0 N–H and O–H groups in total. The van der Waals surface area contributed by atoms with E-state index in [2.05, 4.69) is 78.5 Å². The lowest BCUT2D eigenvalue weighted by Gasteiger charge is -2.34. The van der Waals surface area contributed by atoms with Crippen LogP contribution in [0, 0.1) is 13.8 Å². The van der Waals surface area contributed by atoms with Crippen molar-refractivity contribution in [2.75, 3.05) is 59.5 Å². The second-order valence-corrected chi connectivity index (χ2v) is 10.7. The number of hydrogen-bond acceptors (Lipinski definition) is 4. The molecule has 0 spiro atoms. The van der Waals surface area contributed by atoms with Crippen LogP contribution in [0.25, 0.3) is 17.0 Å². The molecule has 1 amide bonds. The van der Waals surface area contributed by atoms with Gasteiger partial charge in [0.05, 0.1) is 7.11 Å². The molecule has 0 bridgehead atoms. The highest BCUT2D eigenvalue weighted by molar-refractivity contribution is 5.97. The number of amides is 1. The zero-order valence-electron chi connectivity index (χ0n) is 24.6. The summed E-state index contributed by atoms with van der Waals surface area (Å²) in [7, 11) is 1.70. The van der Waals surface area contributed by atoms with Gasteiger partial charge >= 0.3 is 0 Å². The molecule has 0 atom stereocenters. The highest BCUT2D eigenvalue weighted by Crippen LogP contribution is 2.28. The molecule has 4 rings (SSSR count). The number of rotatable bonds is 12. The van der Waals surface area contributed by atoms with Crippen molar-refractivity contribution in [3.8, 4) is 5.75 Å². The SMILES string of the molecule is CCN(CC)CCCn1c(C)c(/C=C/C(=O)N2CCN(CCc3ccc(OC)cc3)CC2)c2cc(C)ccc21. The molecule has 1 saturated heterocycles. The lowest BCUT2D eigenvalue weighted by molar-refractivity contribution is -0.127. The minimum Gasteiger partial charge on any atom is -0.497 e. The maximum Gasteiger partial charge on any atom is 0.246 e. The summed E-state index contributed by atoms with van der Waals surface area (Å²) in [5, 5.41) is 1.24. The summed E-state index contributed by atoms with van der Waals surface area (Å²) in [4.78, 5) is 20.1. The standard InChI is InChI=1S/C33H46N4O2/c1-6-34(7-2)18-8-19-37-27(4)30(31-25-26(3)9-15-32(31)37)14-16-33(38)36-23-21-35(22-24-36)20-17-28-10-12-29(39-5)13-11-28/h9-16,25H,6-8,17-24H2,1-5H3/b16-14+. The number of aryl methyl sites for hydroxylation is 2. The third-order valence-corrected chi connectivity index (χ3v) is 8.23. The van der Waals surface area contributed by atoms with E-state index < -0.39 is 0 Å². The van der Waals surface area contributed by atoms with Crippen molar-refractivity contribution in [3.63, 3.8) is 0 Å². The van der Waals surface area contributed by atoms with Crippen LogP contribution >= 0.6 is 0 Å². The molecule has 0 unspecified atom stereocenters. The van der Waals surface area contributed by atoms with Gasteiger partial charge in [0.15, 0.2) is 0 Å². The van der Waals surface area contributed by atoms with E-state index in [-0.39, 0.29) is 5.91 Å². The average molecular weight is 531 g/mol. The van der Waals surface area contributed by atoms with Crippen molar-refractivity contribution in [1.82, 2.24) is 19.3 Å². The summed E-state index contributed by atoms with van der Waals surface area (Å²) in [5.41, 5.74) is 6.23. The van der Waals surface area contributed by atoms with Gasteiger partial charge in [-0.05, 0) is 82.2 Å². The summed E-state index contributed by atoms with van der Waals surface area (Å²) in [6, 6.07) is 15.0. The smallest absolute Gasteiger partial charge is 0.246 e. The Balaban J connectivity index is 1.36. The van der Waals surface area contributed by atoms with Gasteiger partial charge in [-0.2, -0.15) is 0 Å². The highest BCUT2D eigenvalue weighted by atomic mass is 16.5. The molecule has 0 aliphatic carbocycles. The number of methoxy groups -OCH3 is 1. The Labute approximate surface area is 234 Å². The van der Waals surface area contributed by atoms with Crippen molar-refractivity contribution in [3.05, 3.63) is 70.9 Å². The topological polar surface area (TPSA) is 41.0 Å². The van der Waals surface area contributed by atoms with Crippen molar-refractivity contribution < 1.29 is 9.53 Å². The summed E-state index contributed by atoms with van der Waals surface area (Å²) in [6.07, 6.45) is 5.97. The Hall–Kier alpha value is -3.09. The number of hydrogen-bond donors (Lipinski definition) is 0. The molecule has 2 heterocycles. The van der Waals surface area contributed by atoms with E-state index in [4.69, 9.17) is 4.74 Å². The maximum absolute atomic E-state index is 13.1. The predicted octanol–water partition coefficient (Wildman–Crippen LogP) is 5.40. The first kappa shape index (κ1) is 28.9. The quantitative estimate of drug-likeness (QED) is 0.294. The van der Waals surface area contributed by atoms with Gasteiger partial charge in [0.2, 0.25) is 5.91 Å². The molecule has 6 nitrogen and oxygen atoms in total. The molecule has 39 heavy (non-hydrogen) atoms. The Morgan fingerprint density at radius 2 is 1.69 bits per heavy atom. The summed E-state index contributed by atoms with van der Waals surface area (Å²) in [5.74, 6) is 1.00. The molecular formula is C33H46N4O2. The zero-order chi connectivity index (χ0) is 27.8. The lowest BCUT2D eigenvalue weighted by atomic mass is 10.1. The van der Waals surface area contributed by atoms with E-state index in [1.807, 2.05) is 17.0 Å². The monoisotopic (exact) mass is 530 g/mol. The van der Waals surface area contributed by atoms with Gasteiger partial charge in [-0.1, -0.05) is 37.6 Å². The lowest BCUT2D eigenvalue weighted by Crippen LogP contribution is -2.48. The van der Waals surface area contributed by atoms with E-state index in [0.717, 1.165) is 77.5 Å². The summed E-state index contributed by atoms with van der Waals surface area (Å²) < 4.78 is 7.69. The van der Waals surface area contributed by atoms with E-state index >= 15 is 0 Å². The number of aromatic nitrogens is 1. The van der Waals surface area contributed by atoms with Gasteiger partial charge in [0.1, 0.15) is 5.75 Å². The van der Waals surface area contributed by atoms with E-state index in [0.29, 0.717) is 0 Å². The van der Waals surface area contributed by atoms with Crippen molar-refractivity contribution in [2.24, 2.45) is 0 Å². The van der Waals surface area contributed by atoms with Crippen LogP contribution in [0.15, 0.2) is 48.5 Å². The second-order valence-electron chi connectivity index (χ2n) is 10.7. The second kappa shape index (κ2) is 13.8. The molecule has 1 fully saturated rings. The number of carbonyl (C=O) groups is 1. The first-order chi connectivity index (χ1) is 18.9. The minimum atomic E-state index is 0.110. The first-order valence-electron chi connectivity index (χ1n) is 14.6. The van der Waals surface area contributed by atoms with E-state index in [1.165, 1.54) is 33.3 Å². The fourth-order valence-corrected chi connectivity index (χ4v) is 5.64. The van der Waals surface area contributed by atoms with Gasteiger partial charge in [0.25, 0.3) is 0 Å². The first-order valence-corrected chi connectivity index (χ1v) is 14.6. The molecule has 3 aromatic rings. The summed E-state index contributed by atoms with van der Waals surface area (Å²) in [6.45, 7) is 17.5. The fourth-order valence-electron chi connectivity index (χ4n) is 5.64. The van der Waals surface area contributed by atoms with Gasteiger partial charge in [-0.15, -0.1) is 0 Å². The van der Waals surface area contributed by atoms with Gasteiger partial charge in [-0.25, -0.2) is 0 Å². The molecular weight excluding hydrogens is 484 g/mol. The Morgan fingerprint density at radius 3 is 2.36 bits per heavy atom. The number of carbonyl (C=O) groups excluding carboxylic acids is 1. The molecule has 1 aliphatic heterocycles. The zero-order valence-corrected chi connectivity index (χ0v) is 24.6. The van der Waals surface area contributed by atoms with Gasteiger partial charge in [0, 0.05) is 67.5 Å². The third kappa shape index (κ3) is 7.31. The number of piperazine rings is 1. The van der Waals surface area contributed by atoms with E-state index in [9.17, 15) is 4.79 Å². The predicted molar refractivity (Wildman–Crippen MR) is 163 cm³/mol. The molecule has 0 saturated carbocycles. The number of benzene rings is 2. The number of fused-ring (bicyclic) bond motifs is 1. The van der Waals surface area contributed by atoms with Crippen LogP contribution < -0.4 is 4.74 Å². The van der Waals surface area contributed by atoms with Gasteiger partial charge in [-0.3, -0.25) is 9.69 Å². The van der Waals surface area contributed by atoms with Crippen LogP contribution in [-0.4, -0.2) is 84.6 Å². The molecule has 6 heteroatoms. The van der Waals surface area contributed by atoms with Crippen molar-refractivity contribution in [2.45, 2.75) is 47.1 Å². The van der Waals surface area contributed by atoms with Crippen LogP contribution in [-0.2, 0) is 17.8 Å². The summed E-state index contributed by atoms with van der Waals surface area (Å²) >= 11 is 0. The van der Waals surface area contributed by atoms with Crippen LogP contribution in [0.5, 0.6) is 5.75 Å². The molecule has 1 aromatic heterocycles. The Kier molecular flexibility index (Phi) is 10.2. The Bertz CT molecular complexity index is 1250.